The Morgan fingerprint density at radius 3 is 2.29 bits per heavy atom. The van der Waals surface area contributed by atoms with Crippen LogP contribution < -0.4 is 10.6 Å². The number of thioether (sulfide) groups is 1. The van der Waals surface area contributed by atoms with Gasteiger partial charge in [0.2, 0.25) is 5.91 Å². The fourth-order valence-corrected chi connectivity index (χ4v) is 3.31. The van der Waals surface area contributed by atoms with E-state index in [0.29, 0.717) is 0 Å². The number of carbonyl (C=O) groups excluding carboxylic acids is 2. The van der Waals surface area contributed by atoms with E-state index >= 15 is 0 Å². The Morgan fingerprint density at radius 1 is 1.00 bits per heavy atom. The molecule has 2 unspecified atom stereocenters. The van der Waals surface area contributed by atoms with E-state index in [0.717, 1.165) is 23.0 Å². The lowest BCUT2D eigenvalue weighted by atomic mass is 10.0. The molecule has 0 saturated carbocycles. The molecule has 106 valence electrons. The molecule has 2 aromatic carbocycles. The minimum absolute atomic E-state index is 0.169. The molecule has 1 heterocycles. The van der Waals surface area contributed by atoms with Gasteiger partial charge < -0.3 is 10.6 Å². The molecule has 0 aliphatic carbocycles. The highest BCUT2D eigenvalue weighted by Crippen LogP contribution is 2.38. The van der Waals surface area contributed by atoms with E-state index in [-0.39, 0.29) is 16.4 Å². The number of para-hydroxylation sites is 1. The average molecular weight is 298 g/mol. The number of nitrogens with one attached hydrogen (secondary N) is 2. The van der Waals surface area contributed by atoms with Crippen molar-refractivity contribution in [2.45, 2.75) is 11.3 Å². The molecule has 1 saturated heterocycles. The van der Waals surface area contributed by atoms with Crippen LogP contribution in [0.5, 0.6) is 0 Å². The van der Waals surface area contributed by atoms with Crippen molar-refractivity contribution in [3.8, 4) is 0 Å². The molecular formula is C16H14N2O2S. The van der Waals surface area contributed by atoms with Crippen molar-refractivity contribution in [2.75, 3.05) is 5.32 Å². The Balaban J connectivity index is 1.79. The molecule has 0 spiro atoms. The van der Waals surface area contributed by atoms with Crippen molar-refractivity contribution in [1.29, 1.82) is 0 Å². The van der Waals surface area contributed by atoms with Crippen molar-refractivity contribution in [3.63, 3.8) is 0 Å². The number of hydrogen-bond acceptors (Lipinski definition) is 3. The maximum absolute atomic E-state index is 12.4. The summed E-state index contributed by atoms with van der Waals surface area (Å²) < 4.78 is 0. The predicted molar refractivity (Wildman–Crippen MR) is 84.2 cm³/mol. The number of benzene rings is 2. The van der Waals surface area contributed by atoms with Gasteiger partial charge in [-0.05, 0) is 17.7 Å². The van der Waals surface area contributed by atoms with Crippen LogP contribution in [0.25, 0.3) is 0 Å². The van der Waals surface area contributed by atoms with Gasteiger partial charge in [0.1, 0.15) is 6.04 Å². The summed E-state index contributed by atoms with van der Waals surface area (Å²) in [6.07, 6.45) is 0. The average Bonchev–Trinajstić information content (AvgIpc) is 2.91. The fraction of sp³-hybridized carbons (Fsp3) is 0.125. The van der Waals surface area contributed by atoms with Gasteiger partial charge in [0.25, 0.3) is 5.24 Å². The van der Waals surface area contributed by atoms with E-state index in [4.69, 9.17) is 0 Å². The number of hydrogen-bond donors (Lipinski definition) is 2. The molecule has 0 radical (unpaired) electrons. The SMILES string of the molecule is O=C1NC(C(=O)Nc2ccccc2)C(c2ccccc2)S1. The molecule has 3 rings (SSSR count). The summed E-state index contributed by atoms with van der Waals surface area (Å²) in [4.78, 5) is 24.1. The Bertz CT molecular complexity index is 646. The van der Waals surface area contributed by atoms with Crippen molar-refractivity contribution in [3.05, 3.63) is 66.2 Å². The summed E-state index contributed by atoms with van der Waals surface area (Å²) in [6.45, 7) is 0. The van der Waals surface area contributed by atoms with Gasteiger partial charge in [-0.3, -0.25) is 9.59 Å². The number of anilines is 1. The zero-order valence-electron chi connectivity index (χ0n) is 11.2. The highest BCUT2D eigenvalue weighted by atomic mass is 32.2. The minimum atomic E-state index is -0.565. The van der Waals surface area contributed by atoms with Crippen LogP contribution in [-0.4, -0.2) is 17.2 Å². The van der Waals surface area contributed by atoms with Gasteiger partial charge in [0.05, 0.1) is 5.25 Å². The van der Waals surface area contributed by atoms with Gasteiger partial charge in [-0.1, -0.05) is 60.3 Å². The topological polar surface area (TPSA) is 58.2 Å². The van der Waals surface area contributed by atoms with Gasteiger partial charge in [-0.2, -0.15) is 0 Å². The normalized spacial score (nSPS) is 20.9. The molecule has 0 bridgehead atoms. The molecular weight excluding hydrogens is 284 g/mol. The smallest absolute Gasteiger partial charge is 0.280 e. The Hall–Kier alpha value is -2.27. The summed E-state index contributed by atoms with van der Waals surface area (Å²) in [5.74, 6) is -0.201. The van der Waals surface area contributed by atoms with Crippen LogP contribution in [-0.2, 0) is 4.79 Å². The summed E-state index contributed by atoms with van der Waals surface area (Å²) in [5.41, 5.74) is 1.69. The highest BCUT2D eigenvalue weighted by molar-refractivity contribution is 8.14. The predicted octanol–water partition coefficient (Wildman–Crippen LogP) is 3.19. The van der Waals surface area contributed by atoms with Crippen LogP contribution in [0.3, 0.4) is 0 Å². The third-order valence-corrected chi connectivity index (χ3v) is 4.39. The maximum Gasteiger partial charge on any atom is 0.280 e. The Morgan fingerprint density at radius 2 is 1.62 bits per heavy atom. The van der Waals surface area contributed by atoms with E-state index in [1.165, 1.54) is 0 Å². The molecule has 2 amide bonds. The van der Waals surface area contributed by atoms with Crippen LogP contribution in [0.15, 0.2) is 60.7 Å². The fourth-order valence-electron chi connectivity index (χ4n) is 2.27. The van der Waals surface area contributed by atoms with Crippen molar-refractivity contribution < 1.29 is 9.59 Å². The molecule has 4 nitrogen and oxygen atoms in total. The highest BCUT2D eigenvalue weighted by Gasteiger charge is 2.39. The largest absolute Gasteiger partial charge is 0.334 e. The molecule has 0 aromatic heterocycles. The second-order valence-corrected chi connectivity index (χ2v) is 5.83. The van der Waals surface area contributed by atoms with E-state index in [1.54, 1.807) is 0 Å². The first-order chi connectivity index (χ1) is 10.2. The van der Waals surface area contributed by atoms with Gasteiger partial charge in [-0.25, -0.2) is 0 Å². The van der Waals surface area contributed by atoms with Gasteiger partial charge in [-0.15, -0.1) is 0 Å². The Labute approximate surface area is 126 Å². The van der Waals surface area contributed by atoms with Crippen LogP contribution in [0, 0.1) is 0 Å². The molecule has 5 heteroatoms. The molecule has 2 atom stereocenters. The number of carbonyl (C=O) groups is 2. The van der Waals surface area contributed by atoms with Gasteiger partial charge in [0.15, 0.2) is 0 Å². The lowest BCUT2D eigenvalue weighted by Crippen LogP contribution is -2.39. The van der Waals surface area contributed by atoms with E-state index in [9.17, 15) is 9.59 Å². The lowest BCUT2D eigenvalue weighted by molar-refractivity contribution is -0.117. The zero-order chi connectivity index (χ0) is 14.7. The molecule has 2 aromatic rings. The van der Waals surface area contributed by atoms with Crippen molar-refractivity contribution >= 4 is 28.6 Å². The van der Waals surface area contributed by atoms with Crippen LogP contribution in [0.1, 0.15) is 10.8 Å². The first kappa shape index (κ1) is 13.7. The molecule has 1 aliphatic rings. The van der Waals surface area contributed by atoms with E-state index < -0.39 is 6.04 Å². The monoisotopic (exact) mass is 298 g/mol. The summed E-state index contributed by atoms with van der Waals surface area (Å²) in [5, 5.41) is 5.20. The van der Waals surface area contributed by atoms with Crippen LogP contribution >= 0.6 is 11.8 Å². The standard InChI is InChI=1S/C16H14N2O2S/c19-15(17-12-9-5-2-6-10-12)13-14(21-16(20)18-13)11-7-3-1-4-8-11/h1-10,13-14H,(H,17,19)(H,18,20). The molecule has 21 heavy (non-hydrogen) atoms. The van der Waals surface area contributed by atoms with Crippen molar-refractivity contribution in [2.24, 2.45) is 0 Å². The third kappa shape index (κ3) is 3.08. The summed E-state index contributed by atoms with van der Waals surface area (Å²) >= 11 is 1.15. The second-order valence-electron chi connectivity index (χ2n) is 4.71. The Kier molecular flexibility index (Phi) is 3.92. The first-order valence-electron chi connectivity index (χ1n) is 6.62. The number of rotatable bonds is 3. The maximum atomic E-state index is 12.4. The second kappa shape index (κ2) is 6.01. The quantitative estimate of drug-likeness (QED) is 0.915. The van der Waals surface area contributed by atoms with Crippen LogP contribution in [0.4, 0.5) is 10.5 Å². The minimum Gasteiger partial charge on any atom is -0.334 e. The van der Waals surface area contributed by atoms with Crippen molar-refractivity contribution in [1.82, 2.24) is 5.32 Å². The summed E-state index contributed by atoms with van der Waals surface area (Å²) in [7, 11) is 0. The molecule has 1 fully saturated rings. The van der Waals surface area contributed by atoms with Crippen LogP contribution in [0.2, 0.25) is 0 Å². The van der Waals surface area contributed by atoms with E-state index in [1.807, 2.05) is 60.7 Å². The number of amides is 2. The third-order valence-electron chi connectivity index (χ3n) is 3.26. The van der Waals surface area contributed by atoms with Gasteiger partial charge >= 0.3 is 0 Å². The molecule has 1 aliphatic heterocycles. The first-order valence-corrected chi connectivity index (χ1v) is 7.50. The zero-order valence-corrected chi connectivity index (χ0v) is 12.0. The van der Waals surface area contributed by atoms with Gasteiger partial charge in [0, 0.05) is 5.69 Å². The molecule has 2 N–H and O–H groups in total. The van der Waals surface area contributed by atoms with E-state index in [2.05, 4.69) is 10.6 Å². The lowest BCUT2D eigenvalue weighted by Gasteiger charge is -2.17. The summed E-state index contributed by atoms with van der Waals surface area (Å²) in [6, 6.07) is 18.3.